The fraction of sp³-hybridized carbons (Fsp3) is 1.00. The first kappa shape index (κ1) is 19.7. The summed E-state index contributed by atoms with van der Waals surface area (Å²) in [6, 6.07) is 0. The smallest absolute Gasteiger partial charge is 0.748 e. The van der Waals surface area contributed by atoms with Crippen LogP contribution < -0.4 is 29.6 Å². The summed E-state index contributed by atoms with van der Waals surface area (Å²) >= 11 is 10.1. The zero-order valence-corrected chi connectivity index (χ0v) is 16.1. The van der Waals surface area contributed by atoms with Gasteiger partial charge in [-0.3, -0.25) is 0 Å². The van der Waals surface area contributed by atoms with Gasteiger partial charge in [-0.1, -0.05) is 67.1 Å². The van der Waals surface area contributed by atoms with Gasteiger partial charge in [-0.25, -0.2) is 8.42 Å². The van der Waals surface area contributed by atoms with Crippen LogP contribution in [0.4, 0.5) is 0 Å². The minimum absolute atomic E-state index is 0. The molecule has 8 heteroatoms. The summed E-state index contributed by atoms with van der Waals surface area (Å²) in [7, 11) is -4.02. The Bertz CT molecular complexity index is 251. The standard InChI is InChI=1S/C7H13Br3O3S.Na/c8-7(9,10)5-3-1-2-4-6-14(11,12)13;/h1-6H2,(H,11,12,13);/q;+1/p-1. The molecule has 0 N–H and O–H groups in total. The van der Waals surface area contributed by atoms with E-state index in [4.69, 9.17) is 0 Å². The molecule has 0 unspecified atom stereocenters. The van der Waals surface area contributed by atoms with Crippen molar-refractivity contribution in [3.8, 4) is 0 Å². The van der Waals surface area contributed by atoms with Crippen LogP contribution in [0.3, 0.4) is 0 Å². The molecule has 0 aliphatic heterocycles. The molecule has 0 amide bonds. The Morgan fingerprint density at radius 3 is 1.87 bits per heavy atom. The van der Waals surface area contributed by atoms with E-state index in [0.29, 0.717) is 6.42 Å². The van der Waals surface area contributed by atoms with Crippen LogP contribution in [0, 0.1) is 0 Å². The second-order valence-corrected chi connectivity index (χ2v) is 11.8. The van der Waals surface area contributed by atoms with Crippen LogP contribution in [0.15, 0.2) is 0 Å². The van der Waals surface area contributed by atoms with Crippen molar-refractivity contribution in [2.24, 2.45) is 0 Å². The molecule has 0 fully saturated rings. The van der Waals surface area contributed by atoms with Crippen molar-refractivity contribution >= 4 is 57.9 Å². The van der Waals surface area contributed by atoms with E-state index < -0.39 is 10.1 Å². The quantitative estimate of drug-likeness (QED) is 0.260. The zero-order valence-electron chi connectivity index (χ0n) is 8.51. The number of alkyl halides is 3. The molecule has 0 aliphatic rings. The van der Waals surface area contributed by atoms with Crippen LogP contribution >= 0.6 is 47.8 Å². The number of unbranched alkanes of at least 4 members (excludes halogenated alkanes) is 3. The second kappa shape index (κ2) is 9.30. The average Bonchev–Trinajstić information content (AvgIpc) is 1.92. The molecule has 0 aromatic carbocycles. The molecule has 0 aromatic heterocycles. The van der Waals surface area contributed by atoms with Gasteiger partial charge in [0.25, 0.3) is 0 Å². The number of hydrogen-bond acceptors (Lipinski definition) is 3. The monoisotopic (exact) mass is 436 g/mol. The van der Waals surface area contributed by atoms with Crippen molar-refractivity contribution in [3.63, 3.8) is 0 Å². The topological polar surface area (TPSA) is 57.2 Å². The predicted molar refractivity (Wildman–Crippen MR) is 67.2 cm³/mol. The molecule has 0 rings (SSSR count). The Labute approximate surface area is 139 Å². The summed E-state index contributed by atoms with van der Waals surface area (Å²) in [6.45, 7) is 0. The van der Waals surface area contributed by atoms with Crippen LogP contribution in [0.2, 0.25) is 0 Å². The van der Waals surface area contributed by atoms with Gasteiger partial charge in [0, 0.05) is 5.75 Å². The number of rotatable bonds is 6. The molecule has 0 radical (unpaired) electrons. The number of halogens is 3. The molecule has 0 saturated heterocycles. The fourth-order valence-corrected chi connectivity index (χ4v) is 2.36. The minimum atomic E-state index is -4.02. The molecule has 15 heavy (non-hydrogen) atoms. The molecule has 0 heterocycles. The van der Waals surface area contributed by atoms with Gasteiger partial charge >= 0.3 is 29.6 Å². The van der Waals surface area contributed by atoms with Gasteiger partial charge in [-0.2, -0.15) is 0 Å². The Morgan fingerprint density at radius 1 is 1.00 bits per heavy atom. The van der Waals surface area contributed by atoms with E-state index in [2.05, 4.69) is 47.8 Å². The van der Waals surface area contributed by atoms with E-state index in [1.807, 2.05) is 0 Å². The van der Waals surface area contributed by atoms with Crippen molar-refractivity contribution in [2.75, 3.05) is 5.75 Å². The van der Waals surface area contributed by atoms with Crippen molar-refractivity contribution in [1.82, 2.24) is 0 Å². The summed E-state index contributed by atoms with van der Waals surface area (Å²) in [6.07, 6.45) is 4.05. The summed E-state index contributed by atoms with van der Waals surface area (Å²) < 4.78 is 30.5. The number of hydrogen-bond donors (Lipinski definition) is 0. The Balaban J connectivity index is 0. The molecule has 0 aliphatic carbocycles. The molecular weight excluding hydrogens is 427 g/mol. The molecule has 0 atom stereocenters. The van der Waals surface area contributed by atoms with Crippen molar-refractivity contribution in [3.05, 3.63) is 0 Å². The van der Waals surface area contributed by atoms with Gasteiger partial charge in [-0.15, -0.1) is 0 Å². The van der Waals surface area contributed by atoms with E-state index in [0.717, 1.165) is 25.7 Å². The second-order valence-electron chi connectivity index (χ2n) is 3.04. The normalized spacial score (nSPS) is 12.3. The maximum Gasteiger partial charge on any atom is 1.00 e. The molecule has 0 spiro atoms. The zero-order chi connectivity index (χ0) is 11.2. The molecule has 0 saturated carbocycles. The first-order valence-corrected chi connectivity index (χ1v) is 8.17. The van der Waals surface area contributed by atoms with Crippen LogP contribution in [-0.2, 0) is 10.1 Å². The SMILES string of the molecule is O=S(=O)([O-])CCCCCCC(Br)(Br)Br.[Na+]. The predicted octanol–water partition coefficient (Wildman–Crippen LogP) is 0.325. The van der Waals surface area contributed by atoms with E-state index in [-0.39, 0.29) is 37.5 Å². The molecule has 3 nitrogen and oxygen atoms in total. The molecular formula is C7H12Br3NaO3S. The largest absolute Gasteiger partial charge is 1.00 e. The van der Waals surface area contributed by atoms with Gasteiger partial charge in [0.05, 0.1) is 10.1 Å². The van der Waals surface area contributed by atoms with Crippen LogP contribution in [-0.4, -0.2) is 20.9 Å². The third kappa shape index (κ3) is 18.9. The Morgan fingerprint density at radius 2 is 1.47 bits per heavy atom. The Kier molecular flexibility index (Phi) is 12.2. The van der Waals surface area contributed by atoms with Gasteiger partial charge < -0.3 is 4.55 Å². The molecule has 86 valence electrons. The van der Waals surface area contributed by atoms with Gasteiger partial charge in [0.1, 0.15) is 2.14 Å². The van der Waals surface area contributed by atoms with E-state index >= 15 is 0 Å². The van der Waals surface area contributed by atoms with Gasteiger partial charge in [0.15, 0.2) is 0 Å². The van der Waals surface area contributed by atoms with E-state index in [1.54, 1.807) is 0 Å². The van der Waals surface area contributed by atoms with Crippen LogP contribution in [0.5, 0.6) is 0 Å². The van der Waals surface area contributed by atoms with E-state index in [9.17, 15) is 13.0 Å². The first-order valence-electron chi connectivity index (χ1n) is 4.21. The van der Waals surface area contributed by atoms with Crippen LogP contribution in [0.1, 0.15) is 32.1 Å². The molecule has 0 aromatic rings. The van der Waals surface area contributed by atoms with Gasteiger partial charge in [-0.05, 0) is 12.8 Å². The summed E-state index contributed by atoms with van der Waals surface area (Å²) in [4.78, 5) is 0. The summed E-state index contributed by atoms with van der Waals surface area (Å²) in [5.74, 6) is -0.241. The van der Waals surface area contributed by atoms with Gasteiger partial charge in [0.2, 0.25) is 0 Å². The summed E-state index contributed by atoms with van der Waals surface area (Å²) in [5.41, 5.74) is 0. The van der Waals surface area contributed by atoms with Crippen molar-refractivity contribution in [2.45, 2.75) is 34.2 Å². The maximum absolute atomic E-state index is 10.2. The summed E-state index contributed by atoms with van der Waals surface area (Å²) in [5, 5.41) is 0. The van der Waals surface area contributed by atoms with E-state index in [1.165, 1.54) is 0 Å². The van der Waals surface area contributed by atoms with Crippen molar-refractivity contribution in [1.29, 1.82) is 0 Å². The average molecular weight is 439 g/mol. The fourth-order valence-electron chi connectivity index (χ4n) is 0.958. The third-order valence-electron chi connectivity index (χ3n) is 1.60. The van der Waals surface area contributed by atoms with Crippen LogP contribution in [0.25, 0.3) is 0 Å². The first-order chi connectivity index (χ1) is 6.21. The third-order valence-corrected chi connectivity index (χ3v) is 3.58. The molecule has 0 bridgehead atoms. The maximum atomic E-state index is 10.2. The van der Waals surface area contributed by atoms with Crippen molar-refractivity contribution < 1.29 is 42.5 Å². The Hall–Kier alpha value is 2.35. The minimum Gasteiger partial charge on any atom is -0.748 e.